The van der Waals surface area contributed by atoms with E-state index >= 15 is 0 Å². The first-order valence-corrected chi connectivity index (χ1v) is 14.7. The summed E-state index contributed by atoms with van der Waals surface area (Å²) < 4.78 is 0. The minimum Gasteiger partial charge on any atom is -0.258 e. The van der Waals surface area contributed by atoms with Crippen molar-refractivity contribution < 1.29 is 0 Å². The van der Waals surface area contributed by atoms with Gasteiger partial charge in [0.05, 0.1) is 0 Å². The summed E-state index contributed by atoms with van der Waals surface area (Å²) in [5.74, 6) is 1.70. The molecule has 3 rings (SSSR count). The first-order valence-electron chi connectivity index (χ1n) is 14.7. The van der Waals surface area contributed by atoms with Crippen LogP contribution < -0.4 is 0 Å². The molecule has 3 heteroatoms. The molecule has 0 amide bonds. The number of aryl methyl sites for hydroxylation is 5. The van der Waals surface area contributed by atoms with Gasteiger partial charge in [0.2, 0.25) is 0 Å². The van der Waals surface area contributed by atoms with Gasteiger partial charge in [-0.15, -0.1) is 0 Å². The average Bonchev–Trinajstić information content (AvgIpc) is 2.82. The van der Waals surface area contributed by atoms with Crippen LogP contribution in [0, 0.1) is 83.1 Å². The van der Waals surface area contributed by atoms with Crippen molar-refractivity contribution in [2.75, 3.05) is 0 Å². The van der Waals surface area contributed by atoms with E-state index in [4.69, 9.17) is 0 Å². The number of rotatable bonds is 3. The molecule has 0 aliphatic rings. The van der Waals surface area contributed by atoms with E-state index in [1.165, 1.54) is 84.2 Å². The van der Waals surface area contributed by atoms with E-state index in [0.29, 0.717) is 17.8 Å². The zero-order chi connectivity index (χ0) is 30.5. The number of hydrogen-bond donors (Lipinski definition) is 0. The van der Waals surface area contributed by atoms with Gasteiger partial charge < -0.3 is 0 Å². The maximum Gasteiger partial charge on any atom is 0.0464 e. The highest BCUT2D eigenvalue weighted by Gasteiger charge is 2.13. The molecule has 0 N–H and O–H groups in total. The SMILES string of the molecule is C.Cc1nc(C(C)C)c(C)c(C)c1C.Cc1nc(C)c(C(C)C)c(C)c1C.Cc1nc(C)c(C)c(C(C)C)c1C. The number of nitrogens with zero attached hydrogens (tertiary/aromatic N) is 3. The number of pyridine rings is 3. The third-order valence-corrected chi connectivity index (χ3v) is 8.50. The van der Waals surface area contributed by atoms with Gasteiger partial charge in [-0.2, -0.15) is 0 Å². The lowest BCUT2D eigenvalue weighted by Gasteiger charge is -2.16. The zero-order valence-corrected chi connectivity index (χ0v) is 28.6. The number of aromatic nitrogens is 3. The second-order valence-electron chi connectivity index (χ2n) is 12.3. The first kappa shape index (κ1) is 37.5. The third kappa shape index (κ3) is 8.72. The summed E-state index contributed by atoms with van der Waals surface area (Å²) in [6, 6.07) is 0. The van der Waals surface area contributed by atoms with Gasteiger partial charge in [-0.25, -0.2) is 0 Å². The summed E-state index contributed by atoms with van der Waals surface area (Å²) in [4.78, 5) is 13.7. The van der Waals surface area contributed by atoms with Crippen molar-refractivity contribution in [1.82, 2.24) is 15.0 Å². The van der Waals surface area contributed by atoms with E-state index in [1.54, 1.807) is 0 Å². The maximum atomic E-state index is 4.63. The van der Waals surface area contributed by atoms with Crippen LogP contribution in [0.1, 0.15) is 151 Å². The molecule has 3 aromatic rings. The monoisotopic (exact) mass is 547 g/mol. The van der Waals surface area contributed by atoms with Crippen LogP contribution in [-0.2, 0) is 0 Å². The first-order chi connectivity index (χ1) is 17.8. The van der Waals surface area contributed by atoms with Gasteiger partial charge in [-0.3, -0.25) is 15.0 Å². The van der Waals surface area contributed by atoms with E-state index < -0.39 is 0 Å². The Hall–Kier alpha value is -2.55. The van der Waals surface area contributed by atoms with Crippen LogP contribution in [0.3, 0.4) is 0 Å². The molecule has 0 radical (unpaired) electrons. The smallest absolute Gasteiger partial charge is 0.0464 e. The molecule has 0 bridgehead atoms. The summed E-state index contributed by atoms with van der Waals surface area (Å²) in [5, 5.41) is 0. The molecule has 3 nitrogen and oxygen atoms in total. The molecular formula is C37H61N3. The second kappa shape index (κ2) is 15.5. The minimum absolute atomic E-state index is 0. The van der Waals surface area contributed by atoms with Gasteiger partial charge in [0.1, 0.15) is 0 Å². The molecule has 0 aliphatic heterocycles. The van der Waals surface area contributed by atoms with E-state index in [1.807, 2.05) is 0 Å². The highest BCUT2D eigenvalue weighted by atomic mass is 14.7. The Bertz CT molecular complexity index is 1270. The van der Waals surface area contributed by atoms with E-state index in [9.17, 15) is 0 Å². The molecule has 0 unspecified atom stereocenters. The van der Waals surface area contributed by atoms with Crippen molar-refractivity contribution in [2.24, 2.45) is 0 Å². The predicted octanol–water partition coefficient (Wildman–Crippen LogP) is 11.0. The average molecular weight is 548 g/mol. The van der Waals surface area contributed by atoms with E-state index in [0.717, 1.165) is 0 Å². The van der Waals surface area contributed by atoms with Gasteiger partial charge in [0.15, 0.2) is 0 Å². The van der Waals surface area contributed by atoms with Crippen molar-refractivity contribution in [3.05, 3.63) is 84.2 Å². The Morgan fingerprint density at radius 1 is 0.325 bits per heavy atom. The molecule has 40 heavy (non-hydrogen) atoms. The molecular weight excluding hydrogens is 486 g/mol. The lowest BCUT2D eigenvalue weighted by molar-refractivity contribution is 0.796. The predicted molar refractivity (Wildman–Crippen MR) is 179 cm³/mol. The standard InChI is InChI=1S/3C12H19N.CH4/c1-7(2)12-8(3)10(5)13-11(6)9(12)4;1-7(2)12-9(4)8(3)10(5)13-11(12)6;1-7(2)12-10(5)8(3)9(4)11(6)13-12;/h3*7H,1-6H3;1H4. The quantitative estimate of drug-likeness (QED) is 0.327. The lowest BCUT2D eigenvalue weighted by atomic mass is 9.92. The molecule has 0 spiro atoms. The van der Waals surface area contributed by atoms with Crippen molar-refractivity contribution in [3.8, 4) is 0 Å². The highest BCUT2D eigenvalue weighted by molar-refractivity contribution is 5.41. The van der Waals surface area contributed by atoms with Crippen LogP contribution in [0.25, 0.3) is 0 Å². The Morgan fingerprint density at radius 3 is 1.07 bits per heavy atom. The van der Waals surface area contributed by atoms with Crippen LogP contribution in [0.4, 0.5) is 0 Å². The van der Waals surface area contributed by atoms with Gasteiger partial charge >= 0.3 is 0 Å². The Morgan fingerprint density at radius 2 is 0.675 bits per heavy atom. The van der Waals surface area contributed by atoms with Crippen molar-refractivity contribution in [1.29, 1.82) is 0 Å². The summed E-state index contributed by atoms with van der Waals surface area (Å²) in [6.45, 7) is 39.0. The summed E-state index contributed by atoms with van der Waals surface area (Å²) in [7, 11) is 0. The Kier molecular flexibility index (Phi) is 14.5. The van der Waals surface area contributed by atoms with Crippen molar-refractivity contribution in [2.45, 2.75) is 150 Å². The van der Waals surface area contributed by atoms with Crippen LogP contribution >= 0.6 is 0 Å². The van der Waals surface area contributed by atoms with E-state index in [-0.39, 0.29) is 7.43 Å². The summed E-state index contributed by atoms with van der Waals surface area (Å²) in [5.41, 5.74) is 19.6. The fraction of sp³-hybridized carbons (Fsp3) is 0.595. The molecule has 0 saturated heterocycles. The molecule has 3 heterocycles. The molecule has 224 valence electrons. The van der Waals surface area contributed by atoms with Gasteiger partial charge in [0.25, 0.3) is 0 Å². The molecule has 0 fully saturated rings. The Balaban J connectivity index is 0.000000563. The molecule has 3 aromatic heterocycles. The topological polar surface area (TPSA) is 38.7 Å². The van der Waals surface area contributed by atoms with Gasteiger partial charge in [0, 0.05) is 34.2 Å². The Labute approximate surface area is 248 Å². The molecule has 0 saturated carbocycles. The van der Waals surface area contributed by atoms with Crippen molar-refractivity contribution >= 4 is 0 Å². The summed E-state index contributed by atoms with van der Waals surface area (Å²) in [6.07, 6.45) is 0. The van der Waals surface area contributed by atoms with Gasteiger partial charge in [-0.05, 0) is 151 Å². The fourth-order valence-corrected chi connectivity index (χ4v) is 5.60. The van der Waals surface area contributed by atoms with Crippen molar-refractivity contribution in [3.63, 3.8) is 0 Å². The molecule has 0 aliphatic carbocycles. The van der Waals surface area contributed by atoms with Gasteiger partial charge in [-0.1, -0.05) is 49.0 Å². The fourth-order valence-electron chi connectivity index (χ4n) is 5.60. The summed E-state index contributed by atoms with van der Waals surface area (Å²) >= 11 is 0. The second-order valence-corrected chi connectivity index (χ2v) is 12.3. The maximum absolute atomic E-state index is 4.63. The lowest BCUT2D eigenvalue weighted by Crippen LogP contribution is -2.03. The van der Waals surface area contributed by atoms with Crippen LogP contribution in [0.2, 0.25) is 0 Å². The normalized spacial score (nSPS) is 10.7. The third-order valence-electron chi connectivity index (χ3n) is 8.50. The highest BCUT2D eigenvalue weighted by Crippen LogP contribution is 2.27. The molecule has 0 atom stereocenters. The van der Waals surface area contributed by atoms with Crippen LogP contribution in [-0.4, -0.2) is 15.0 Å². The zero-order valence-electron chi connectivity index (χ0n) is 28.6. The minimum atomic E-state index is 0. The van der Waals surface area contributed by atoms with Crippen LogP contribution in [0.15, 0.2) is 0 Å². The van der Waals surface area contributed by atoms with Crippen LogP contribution in [0.5, 0.6) is 0 Å². The largest absolute Gasteiger partial charge is 0.258 e. The van der Waals surface area contributed by atoms with E-state index in [2.05, 4.69) is 140 Å². The molecule has 0 aromatic carbocycles. The number of hydrogen-bond acceptors (Lipinski definition) is 3.